The Balaban J connectivity index is 1.72. The number of ether oxygens (including phenoxy) is 1. The molecule has 1 saturated heterocycles. The van der Waals surface area contributed by atoms with Crippen molar-refractivity contribution in [2.75, 3.05) is 26.7 Å². The van der Waals surface area contributed by atoms with Crippen LogP contribution in [0.15, 0.2) is 60.7 Å². The van der Waals surface area contributed by atoms with E-state index in [4.69, 9.17) is 4.74 Å². The normalized spacial score (nSPS) is 19.8. The molecule has 26 heavy (non-hydrogen) atoms. The van der Waals surface area contributed by atoms with Gasteiger partial charge in [-0.2, -0.15) is 0 Å². The van der Waals surface area contributed by atoms with Crippen LogP contribution in [-0.4, -0.2) is 48.6 Å². The number of nitrogens with zero attached hydrogens (tertiary/aromatic N) is 2. The summed E-state index contributed by atoms with van der Waals surface area (Å²) < 4.78 is 5.03. The second-order valence-corrected chi connectivity index (χ2v) is 7.06. The van der Waals surface area contributed by atoms with Crippen LogP contribution in [0.3, 0.4) is 0 Å². The van der Waals surface area contributed by atoms with Crippen LogP contribution in [0.4, 0.5) is 0 Å². The van der Waals surface area contributed by atoms with Gasteiger partial charge in [-0.05, 0) is 11.1 Å². The van der Waals surface area contributed by atoms with Crippen molar-refractivity contribution < 1.29 is 9.53 Å². The van der Waals surface area contributed by atoms with Crippen molar-refractivity contribution in [1.29, 1.82) is 0 Å². The van der Waals surface area contributed by atoms with E-state index in [9.17, 15) is 4.79 Å². The third-order valence-corrected chi connectivity index (χ3v) is 5.25. The maximum atomic E-state index is 12.2. The first kappa shape index (κ1) is 18.6. The van der Waals surface area contributed by atoms with Crippen LogP contribution in [0.1, 0.15) is 18.1 Å². The molecule has 138 valence electrons. The van der Waals surface area contributed by atoms with E-state index in [1.54, 1.807) is 0 Å². The number of esters is 1. The lowest BCUT2D eigenvalue weighted by Crippen LogP contribution is -2.56. The molecule has 1 fully saturated rings. The molecule has 1 aliphatic heterocycles. The van der Waals surface area contributed by atoms with Crippen LogP contribution in [0.2, 0.25) is 0 Å². The predicted molar refractivity (Wildman–Crippen MR) is 104 cm³/mol. The van der Waals surface area contributed by atoms with Gasteiger partial charge in [-0.1, -0.05) is 67.6 Å². The summed E-state index contributed by atoms with van der Waals surface area (Å²) in [5, 5.41) is 0. The van der Waals surface area contributed by atoms with E-state index < -0.39 is 0 Å². The van der Waals surface area contributed by atoms with Crippen molar-refractivity contribution in [1.82, 2.24) is 9.80 Å². The lowest BCUT2D eigenvalue weighted by Gasteiger charge is -2.43. The number of hydrogen-bond acceptors (Lipinski definition) is 4. The van der Waals surface area contributed by atoms with Gasteiger partial charge in [0.05, 0.1) is 13.0 Å². The van der Waals surface area contributed by atoms with Crippen LogP contribution in [0.5, 0.6) is 0 Å². The maximum Gasteiger partial charge on any atom is 0.310 e. The number of benzene rings is 2. The number of hydrogen-bond donors (Lipinski definition) is 0. The predicted octanol–water partition coefficient (Wildman–Crippen LogP) is 3.18. The third-order valence-electron chi connectivity index (χ3n) is 5.25. The fourth-order valence-electron chi connectivity index (χ4n) is 3.72. The highest BCUT2D eigenvalue weighted by Crippen LogP contribution is 2.22. The van der Waals surface area contributed by atoms with E-state index in [1.807, 2.05) is 19.1 Å². The molecule has 2 aromatic rings. The fourth-order valence-corrected chi connectivity index (χ4v) is 3.72. The van der Waals surface area contributed by atoms with E-state index in [0.717, 1.165) is 32.7 Å². The molecule has 0 amide bonds. The molecule has 3 rings (SSSR count). The van der Waals surface area contributed by atoms with Gasteiger partial charge >= 0.3 is 5.97 Å². The second kappa shape index (κ2) is 8.97. The van der Waals surface area contributed by atoms with Gasteiger partial charge in [0.1, 0.15) is 0 Å². The first-order chi connectivity index (χ1) is 12.7. The largest absolute Gasteiger partial charge is 0.469 e. The minimum atomic E-state index is -0.151. The molecular weight excluding hydrogens is 324 g/mol. The quantitative estimate of drug-likeness (QED) is 0.748. The summed E-state index contributed by atoms with van der Waals surface area (Å²) in [5.74, 6) is -0.281. The SMILES string of the molecule is COC(=O)C(C)C1CN(Cc2ccccc2)CCN1Cc1ccccc1. The number of rotatable bonds is 6. The van der Waals surface area contributed by atoms with Gasteiger partial charge in [-0.25, -0.2) is 0 Å². The molecule has 0 saturated carbocycles. The summed E-state index contributed by atoms with van der Waals surface area (Å²) in [7, 11) is 1.48. The lowest BCUT2D eigenvalue weighted by molar-refractivity contribution is -0.148. The molecule has 1 heterocycles. The van der Waals surface area contributed by atoms with E-state index in [-0.39, 0.29) is 17.9 Å². The number of methoxy groups -OCH3 is 1. The molecular formula is C22H28N2O2. The molecule has 4 heteroatoms. The van der Waals surface area contributed by atoms with Gasteiger partial charge in [-0.3, -0.25) is 14.6 Å². The van der Waals surface area contributed by atoms with Crippen LogP contribution in [0.25, 0.3) is 0 Å². The van der Waals surface area contributed by atoms with Gasteiger partial charge in [0.25, 0.3) is 0 Å². The summed E-state index contributed by atoms with van der Waals surface area (Å²) in [6.45, 7) is 6.61. The van der Waals surface area contributed by atoms with E-state index >= 15 is 0 Å². The number of carbonyl (C=O) groups excluding carboxylic acids is 1. The topological polar surface area (TPSA) is 32.8 Å². The molecule has 2 atom stereocenters. The lowest BCUT2D eigenvalue weighted by atomic mass is 9.96. The highest BCUT2D eigenvalue weighted by molar-refractivity contribution is 5.72. The Hall–Kier alpha value is -2.17. The Labute approximate surface area is 156 Å². The van der Waals surface area contributed by atoms with Gasteiger partial charge < -0.3 is 4.74 Å². The molecule has 1 aliphatic rings. The average molecular weight is 352 g/mol. The minimum absolute atomic E-state index is 0.130. The van der Waals surface area contributed by atoms with Crippen LogP contribution >= 0.6 is 0 Å². The summed E-state index contributed by atoms with van der Waals surface area (Å²) >= 11 is 0. The smallest absolute Gasteiger partial charge is 0.310 e. The Morgan fingerprint density at radius 2 is 1.58 bits per heavy atom. The van der Waals surface area contributed by atoms with Crippen LogP contribution in [-0.2, 0) is 22.6 Å². The first-order valence-corrected chi connectivity index (χ1v) is 9.29. The monoisotopic (exact) mass is 352 g/mol. The standard InChI is InChI=1S/C22H28N2O2/c1-18(22(25)26-2)21-17-23(15-19-9-5-3-6-10-19)13-14-24(21)16-20-11-7-4-8-12-20/h3-12,18,21H,13-17H2,1-2H3. The maximum absolute atomic E-state index is 12.2. The van der Waals surface area contributed by atoms with Crippen LogP contribution < -0.4 is 0 Å². The zero-order chi connectivity index (χ0) is 18.4. The molecule has 2 unspecified atom stereocenters. The molecule has 0 spiro atoms. The van der Waals surface area contributed by atoms with Gasteiger partial charge in [0.15, 0.2) is 0 Å². The van der Waals surface area contributed by atoms with Gasteiger partial charge in [0.2, 0.25) is 0 Å². The Morgan fingerprint density at radius 3 is 2.15 bits per heavy atom. The van der Waals surface area contributed by atoms with E-state index in [2.05, 4.69) is 58.3 Å². The Bertz CT molecular complexity index is 690. The molecule has 0 radical (unpaired) electrons. The second-order valence-electron chi connectivity index (χ2n) is 7.06. The van der Waals surface area contributed by atoms with Crippen molar-refractivity contribution in [2.24, 2.45) is 5.92 Å². The van der Waals surface area contributed by atoms with Crippen molar-refractivity contribution in [3.05, 3.63) is 71.8 Å². The van der Waals surface area contributed by atoms with Crippen molar-refractivity contribution in [3.8, 4) is 0 Å². The molecule has 0 aromatic heterocycles. The molecule has 0 N–H and O–H groups in total. The molecule has 2 aromatic carbocycles. The first-order valence-electron chi connectivity index (χ1n) is 9.29. The summed E-state index contributed by atoms with van der Waals surface area (Å²) in [6.07, 6.45) is 0. The molecule has 0 bridgehead atoms. The number of piperazine rings is 1. The minimum Gasteiger partial charge on any atom is -0.469 e. The highest BCUT2D eigenvalue weighted by atomic mass is 16.5. The summed E-state index contributed by atoms with van der Waals surface area (Å²) in [4.78, 5) is 17.1. The fraction of sp³-hybridized carbons (Fsp3) is 0.409. The van der Waals surface area contributed by atoms with Crippen molar-refractivity contribution in [3.63, 3.8) is 0 Å². The molecule has 0 aliphatic carbocycles. The number of carbonyl (C=O) groups is 1. The average Bonchev–Trinajstić information content (AvgIpc) is 2.69. The van der Waals surface area contributed by atoms with Gasteiger partial charge in [0, 0.05) is 38.8 Å². The summed E-state index contributed by atoms with van der Waals surface area (Å²) in [6, 6.07) is 21.2. The highest BCUT2D eigenvalue weighted by Gasteiger charge is 2.34. The van der Waals surface area contributed by atoms with Crippen molar-refractivity contribution >= 4 is 5.97 Å². The molecule has 4 nitrogen and oxygen atoms in total. The Kier molecular flexibility index (Phi) is 6.42. The zero-order valence-electron chi connectivity index (χ0n) is 15.7. The van der Waals surface area contributed by atoms with Crippen LogP contribution in [0, 0.1) is 5.92 Å². The summed E-state index contributed by atoms with van der Waals surface area (Å²) in [5.41, 5.74) is 2.60. The van der Waals surface area contributed by atoms with Crippen molar-refractivity contribution in [2.45, 2.75) is 26.1 Å². The zero-order valence-corrected chi connectivity index (χ0v) is 15.7. The van der Waals surface area contributed by atoms with Gasteiger partial charge in [-0.15, -0.1) is 0 Å². The van der Waals surface area contributed by atoms with E-state index in [0.29, 0.717) is 0 Å². The Morgan fingerprint density at radius 1 is 1.00 bits per heavy atom. The van der Waals surface area contributed by atoms with E-state index in [1.165, 1.54) is 18.2 Å². The third kappa shape index (κ3) is 4.71.